The fraction of sp³-hybridized carbons (Fsp3) is 0.833. The Kier molecular flexibility index (Phi) is 4.95. The maximum atomic E-state index is 3.76. The number of rotatable bonds is 3. The van der Waals surface area contributed by atoms with Crippen LogP contribution in [0, 0.1) is 6.92 Å². The first kappa shape index (κ1) is 7.48. The van der Waals surface area contributed by atoms with Gasteiger partial charge < -0.3 is 0 Å². The molecule has 0 aliphatic rings. The van der Waals surface area contributed by atoms with E-state index in [4.69, 9.17) is 0 Å². The molecule has 0 bridgehead atoms. The lowest BCUT2D eigenvalue weighted by molar-refractivity contribution is 0.755. The third-order valence-corrected chi connectivity index (χ3v) is 1.83. The molecule has 1 radical (unpaired) electrons. The molecule has 0 N–H and O–H groups in total. The highest BCUT2D eigenvalue weighted by atomic mass is 79.9. The monoisotopic (exact) mass is 163 g/mol. The Morgan fingerprint density at radius 1 is 1.71 bits per heavy atom. The van der Waals surface area contributed by atoms with Crippen molar-refractivity contribution in [2.24, 2.45) is 0 Å². The maximum Gasteiger partial charge on any atom is 0.0145 e. The molecule has 43 valence electrons. The van der Waals surface area contributed by atoms with Crippen LogP contribution in [-0.4, -0.2) is 4.83 Å². The van der Waals surface area contributed by atoms with E-state index in [1.54, 1.807) is 0 Å². The zero-order chi connectivity index (χ0) is 5.70. The van der Waals surface area contributed by atoms with E-state index in [2.05, 4.69) is 29.8 Å². The minimum Gasteiger partial charge on any atom is -0.0891 e. The predicted molar refractivity (Wildman–Crippen MR) is 37.6 cm³/mol. The zero-order valence-electron chi connectivity index (χ0n) is 4.78. The minimum absolute atomic E-state index is 0.650. The van der Waals surface area contributed by atoms with Crippen molar-refractivity contribution in [1.29, 1.82) is 0 Å². The van der Waals surface area contributed by atoms with Crippen LogP contribution in [0.1, 0.15) is 26.2 Å². The molecule has 0 nitrogen and oxygen atoms in total. The van der Waals surface area contributed by atoms with E-state index in [9.17, 15) is 0 Å². The van der Waals surface area contributed by atoms with Crippen molar-refractivity contribution < 1.29 is 0 Å². The van der Waals surface area contributed by atoms with Gasteiger partial charge in [-0.2, -0.15) is 0 Å². The third-order valence-electron chi connectivity index (χ3n) is 0.915. The molecule has 0 aromatic heterocycles. The summed E-state index contributed by atoms with van der Waals surface area (Å²) in [6.07, 6.45) is 3.52. The molecule has 0 aliphatic heterocycles. The van der Waals surface area contributed by atoms with E-state index in [0.717, 1.165) is 6.42 Å². The molecule has 1 unspecified atom stereocenters. The number of halogens is 1. The van der Waals surface area contributed by atoms with E-state index < -0.39 is 0 Å². The Morgan fingerprint density at radius 2 is 2.29 bits per heavy atom. The fourth-order valence-electron chi connectivity index (χ4n) is 0.458. The molecule has 0 aromatic carbocycles. The van der Waals surface area contributed by atoms with Crippen LogP contribution < -0.4 is 0 Å². The van der Waals surface area contributed by atoms with Crippen LogP contribution in [0.25, 0.3) is 0 Å². The van der Waals surface area contributed by atoms with Gasteiger partial charge in [0.1, 0.15) is 0 Å². The summed E-state index contributed by atoms with van der Waals surface area (Å²) in [5.74, 6) is 0. The second kappa shape index (κ2) is 4.63. The van der Waals surface area contributed by atoms with E-state index >= 15 is 0 Å². The largest absolute Gasteiger partial charge is 0.0891 e. The summed E-state index contributed by atoms with van der Waals surface area (Å²) >= 11 is 3.47. The Labute approximate surface area is 54.4 Å². The van der Waals surface area contributed by atoms with Crippen LogP contribution in [0.4, 0.5) is 0 Å². The Balaban J connectivity index is 2.83. The van der Waals surface area contributed by atoms with Crippen molar-refractivity contribution in [2.45, 2.75) is 31.0 Å². The van der Waals surface area contributed by atoms with Crippen molar-refractivity contribution in [2.75, 3.05) is 0 Å². The molecule has 0 aromatic rings. The number of hydrogen-bond acceptors (Lipinski definition) is 0. The summed E-state index contributed by atoms with van der Waals surface area (Å²) in [5.41, 5.74) is 0. The maximum absolute atomic E-state index is 3.76. The number of hydrogen-bond donors (Lipinski definition) is 0. The van der Waals surface area contributed by atoms with E-state index in [1.165, 1.54) is 12.8 Å². The van der Waals surface area contributed by atoms with Crippen LogP contribution in [0.15, 0.2) is 0 Å². The van der Waals surface area contributed by atoms with Crippen LogP contribution in [0.3, 0.4) is 0 Å². The van der Waals surface area contributed by atoms with Gasteiger partial charge in [-0.25, -0.2) is 0 Å². The predicted octanol–water partition coefficient (Wildman–Crippen LogP) is 2.77. The molecule has 0 fully saturated rings. The van der Waals surface area contributed by atoms with Gasteiger partial charge in [0.15, 0.2) is 0 Å². The standard InChI is InChI=1S/C6H12Br/c1-3-5-6(7)4-2/h6H,2-5H2,1H3. The Morgan fingerprint density at radius 3 is 2.43 bits per heavy atom. The van der Waals surface area contributed by atoms with Crippen molar-refractivity contribution in [3.05, 3.63) is 6.92 Å². The molecule has 0 spiro atoms. The zero-order valence-corrected chi connectivity index (χ0v) is 6.37. The summed E-state index contributed by atoms with van der Waals surface area (Å²) in [5, 5.41) is 0. The Hall–Kier alpha value is 0.480. The van der Waals surface area contributed by atoms with Gasteiger partial charge in [-0.15, -0.1) is 0 Å². The lowest BCUT2D eigenvalue weighted by atomic mass is 10.2. The second-order valence-corrected chi connectivity index (χ2v) is 2.97. The van der Waals surface area contributed by atoms with Gasteiger partial charge in [0.2, 0.25) is 0 Å². The molecule has 0 amide bonds. The van der Waals surface area contributed by atoms with Gasteiger partial charge >= 0.3 is 0 Å². The van der Waals surface area contributed by atoms with Gasteiger partial charge in [0.05, 0.1) is 0 Å². The van der Waals surface area contributed by atoms with Crippen molar-refractivity contribution in [3.8, 4) is 0 Å². The smallest absolute Gasteiger partial charge is 0.0145 e. The molecule has 7 heavy (non-hydrogen) atoms. The van der Waals surface area contributed by atoms with E-state index in [0.29, 0.717) is 4.83 Å². The first-order valence-corrected chi connectivity index (χ1v) is 3.66. The average molecular weight is 164 g/mol. The first-order chi connectivity index (χ1) is 3.31. The average Bonchev–Trinajstić information content (AvgIpc) is 1.68. The topological polar surface area (TPSA) is 0 Å². The molecular weight excluding hydrogens is 152 g/mol. The molecule has 0 saturated heterocycles. The van der Waals surface area contributed by atoms with Crippen LogP contribution >= 0.6 is 15.9 Å². The van der Waals surface area contributed by atoms with Gasteiger partial charge in [-0.1, -0.05) is 36.2 Å². The summed E-state index contributed by atoms with van der Waals surface area (Å²) in [6.45, 7) is 5.94. The SMILES string of the molecule is [CH2]CC(Br)CCC. The highest BCUT2D eigenvalue weighted by molar-refractivity contribution is 9.09. The minimum atomic E-state index is 0.650. The fourth-order valence-corrected chi connectivity index (χ4v) is 0.915. The van der Waals surface area contributed by atoms with E-state index in [-0.39, 0.29) is 0 Å². The van der Waals surface area contributed by atoms with Crippen molar-refractivity contribution >= 4 is 15.9 Å². The second-order valence-electron chi connectivity index (χ2n) is 1.67. The van der Waals surface area contributed by atoms with Crippen LogP contribution in [0.5, 0.6) is 0 Å². The van der Waals surface area contributed by atoms with Crippen molar-refractivity contribution in [1.82, 2.24) is 0 Å². The normalized spacial score (nSPS) is 14.1. The lowest BCUT2D eigenvalue weighted by Gasteiger charge is -2.00. The molecule has 0 saturated carbocycles. The molecular formula is C6H12Br. The molecule has 0 aliphatic carbocycles. The molecule has 0 heterocycles. The summed E-state index contributed by atoms with van der Waals surface area (Å²) in [7, 11) is 0. The summed E-state index contributed by atoms with van der Waals surface area (Å²) in [4.78, 5) is 0.650. The first-order valence-electron chi connectivity index (χ1n) is 2.74. The van der Waals surface area contributed by atoms with E-state index in [1.807, 2.05) is 0 Å². The molecule has 1 heteroatoms. The van der Waals surface area contributed by atoms with Gasteiger partial charge in [-0.05, 0) is 12.8 Å². The lowest BCUT2D eigenvalue weighted by Crippen LogP contribution is -1.91. The van der Waals surface area contributed by atoms with Gasteiger partial charge in [0, 0.05) is 4.83 Å². The van der Waals surface area contributed by atoms with Crippen LogP contribution in [-0.2, 0) is 0 Å². The number of alkyl halides is 1. The molecule has 0 rings (SSSR count). The van der Waals surface area contributed by atoms with Gasteiger partial charge in [-0.3, -0.25) is 0 Å². The summed E-state index contributed by atoms with van der Waals surface area (Å²) in [6, 6.07) is 0. The highest BCUT2D eigenvalue weighted by Gasteiger charge is 1.95. The third kappa shape index (κ3) is 4.33. The highest BCUT2D eigenvalue weighted by Crippen LogP contribution is 2.09. The quantitative estimate of drug-likeness (QED) is 0.562. The van der Waals surface area contributed by atoms with Gasteiger partial charge in [0.25, 0.3) is 0 Å². The molecule has 1 atom stereocenters. The summed E-state index contributed by atoms with van der Waals surface area (Å²) < 4.78 is 0. The Bertz CT molecular complexity index is 35.2. The van der Waals surface area contributed by atoms with Crippen molar-refractivity contribution in [3.63, 3.8) is 0 Å². The van der Waals surface area contributed by atoms with Crippen LogP contribution in [0.2, 0.25) is 0 Å².